The SMILES string of the molecule is CCCN1CCC(CNC(=O)N(C)C2CCC(CO)CC2)CC1. The minimum Gasteiger partial charge on any atom is -0.396 e. The van der Waals surface area contributed by atoms with Gasteiger partial charge >= 0.3 is 6.03 Å². The molecule has 2 amide bonds. The highest BCUT2D eigenvalue weighted by atomic mass is 16.3. The fourth-order valence-electron chi connectivity index (χ4n) is 3.97. The zero-order valence-electron chi connectivity index (χ0n) is 15.0. The molecule has 5 nitrogen and oxygen atoms in total. The molecule has 0 aromatic rings. The van der Waals surface area contributed by atoms with E-state index >= 15 is 0 Å². The molecule has 1 aliphatic heterocycles. The Bertz CT molecular complexity index is 348. The molecule has 0 aromatic heterocycles. The molecule has 134 valence electrons. The molecule has 2 aliphatic rings. The maximum absolute atomic E-state index is 12.4. The molecule has 0 radical (unpaired) electrons. The first-order valence-electron chi connectivity index (χ1n) is 9.47. The Labute approximate surface area is 141 Å². The molecular formula is C18H35N3O2. The Morgan fingerprint density at radius 1 is 1.13 bits per heavy atom. The zero-order chi connectivity index (χ0) is 16.7. The highest BCUT2D eigenvalue weighted by Gasteiger charge is 2.26. The van der Waals surface area contributed by atoms with Crippen LogP contribution >= 0.6 is 0 Å². The highest BCUT2D eigenvalue weighted by Crippen LogP contribution is 2.26. The predicted octanol–water partition coefficient (Wildman–Crippen LogP) is 2.30. The number of carbonyl (C=O) groups excluding carboxylic acids is 1. The number of hydrogen-bond donors (Lipinski definition) is 2. The number of aliphatic hydroxyl groups excluding tert-OH is 1. The largest absolute Gasteiger partial charge is 0.396 e. The van der Waals surface area contributed by atoms with Gasteiger partial charge in [-0.2, -0.15) is 0 Å². The zero-order valence-corrected chi connectivity index (χ0v) is 15.0. The third-order valence-electron chi connectivity index (χ3n) is 5.73. The molecule has 0 atom stereocenters. The Hall–Kier alpha value is -0.810. The lowest BCUT2D eigenvalue weighted by molar-refractivity contribution is 0.131. The van der Waals surface area contributed by atoms with Crippen LogP contribution in [0.2, 0.25) is 0 Å². The van der Waals surface area contributed by atoms with Gasteiger partial charge in [0.15, 0.2) is 0 Å². The van der Waals surface area contributed by atoms with Crippen LogP contribution in [-0.2, 0) is 0 Å². The van der Waals surface area contributed by atoms with Crippen molar-refractivity contribution in [3.05, 3.63) is 0 Å². The smallest absolute Gasteiger partial charge is 0.317 e. The fourth-order valence-corrected chi connectivity index (χ4v) is 3.97. The maximum Gasteiger partial charge on any atom is 0.317 e. The number of rotatable bonds is 6. The van der Waals surface area contributed by atoms with E-state index in [4.69, 9.17) is 0 Å². The predicted molar refractivity (Wildman–Crippen MR) is 93.4 cm³/mol. The summed E-state index contributed by atoms with van der Waals surface area (Å²) in [6.45, 7) is 6.90. The molecular weight excluding hydrogens is 290 g/mol. The molecule has 2 N–H and O–H groups in total. The molecule has 0 bridgehead atoms. The van der Waals surface area contributed by atoms with Crippen LogP contribution in [0.3, 0.4) is 0 Å². The van der Waals surface area contributed by atoms with Crippen molar-refractivity contribution < 1.29 is 9.90 Å². The average Bonchev–Trinajstić information content (AvgIpc) is 2.60. The monoisotopic (exact) mass is 325 g/mol. The van der Waals surface area contributed by atoms with Gasteiger partial charge in [-0.15, -0.1) is 0 Å². The number of nitrogens with one attached hydrogen (secondary N) is 1. The minimum absolute atomic E-state index is 0.0773. The van der Waals surface area contributed by atoms with Gasteiger partial charge in [-0.1, -0.05) is 6.92 Å². The van der Waals surface area contributed by atoms with E-state index in [2.05, 4.69) is 17.1 Å². The van der Waals surface area contributed by atoms with Crippen LogP contribution < -0.4 is 5.32 Å². The quantitative estimate of drug-likeness (QED) is 0.788. The van der Waals surface area contributed by atoms with Crippen molar-refractivity contribution in [3.8, 4) is 0 Å². The number of likely N-dealkylation sites (tertiary alicyclic amines) is 1. The van der Waals surface area contributed by atoms with Crippen LogP contribution in [0.1, 0.15) is 51.9 Å². The van der Waals surface area contributed by atoms with E-state index in [0.717, 1.165) is 32.2 Å². The van der Waals surface area contributed by atoms with E-state index in [0.29, 0.717) is 24.5 Å². The van der Waals surface area contributed by atoms with E-state index < -0.39 is 0 Å². The lowest BCUT2D eigenvalue weighted by Crippen LogP contribution is -2.47. The number of piperidine rings is 1. The van der Waals surface area contributed by atoms with Gasteiger partial charge in [0.05, 0.1) is 0 Å². The summed E-state index contributed by atoms with van der Waals surface area (Å²) in [4.78, 5) is 16.8. The summed E-state index contributed by atoms with van der Waals surface area (Å²) < 4.78 is 0. The van der Waals surface area contributed by atoms with Gasteiger partial charge in [0, 0.05) is 26.2 Å². The van der Waals surface area contributed by atoms with E-state index in [-0.39, 0.29) is 6.03 Å². The molecule has 23 heavy (non-hydrogen) atoms. The number of amides is 2. The number of aliphatic hydroxyl groups is 1. The van der Waals surface area contributed by atoms with Crippen molar-refractivity contribution in [1.82, 2.24) is 15.1 Å². The molecule has 2 fully saturated rings. The summed E-state index contributed by atoms with van der Waals surface area (Å²) in [6, 6.07) is 0.414. The summed E-state index contributed by atoms with van der Waals surface area (Å²) >= 11 is 0. The third kappa shape index (κ3) is 5.64. The molecule has 1 aliphatic carbocycles. The fraction of sp³-hybridized carbons (Fsp3) is 0.944. The highest BCUT2D eigenvalue weighted by molar-refractivity contribution is 5.74. The molecule has 0 spiro atoms. The van der Waals surface area contributed by atoms with E-state index in [1.807, 2.05) is 11.9 Å². The van der Waals surface area contributed by atoms with Crippen LogP contribution in [0.5, 0.6) is 0 Å². The van der Waals surface area contributed by atoms with Crippen LogP contribution in [0, 0.1) is 11.8 Å². The van der Waals surface area contributed by atoms with Gasteiger partial charge in [-0.05, 0) is 76.4 Å². The van der Waals surface area contributed by atoms with Gasteiger partial charge in [-0.25, -0.2) is 4.79 Å². The molecule has 1 saturated carbocycles. The lowest BCUT2D eigenvalue weighted by atomic mass is 9.86. The van der Waals surface area contributed by atoms with Gasteiger partial charge in [-0.3, -0.25) is 0 Å². The summed E-state index contributed by atoms with van der Waals surface area (Å²) in [7, 11) is 1.92. The number of hydrogen-bond acceptors (Lipinski definition) is 3. The summed E-state index contributed by atoms with van der Waals surface area (Å²) in [6.07, 6.45) is 7.74. The molecule has 5 heteroatoms. The number of urea groups is 1. The standard InChI is InChI=1S/C18H35N3O2/c1-3-10-21-11-8-15(9-12-21)13-19-18(23)20(2)17-6-4-16(14-22)5-7-17/h15-17,22H,3-14H2,1-2H3,(H,19,23). The normalized spacial score (nSPS) is 26.9. The Kier molecular flexibility index (Phi) is 7.63. The van der Waals surface area contributed by atoms with Crippen molar-refractivity contribution in [3.63, 3.8) is 0 Å². The Balaban J connectivity index is 1.65. The van der Waals surface area contributed by atoms with Crippen LogP contribution in [-0.4, -0.2) is 66.8 Å². The number of carbonyl (C=O) groups is 1. The average molecular weight is 325 g/mol. The first kappa shape index (κ1) is 18.5. The third-order valence-corrected chi connectivity index (χ3v) is 5.73. The number of nitrogens with zero attached hydrogens (tertiary/aromatic N) is 2. The first-order chi connectivity index (χ1) is 11.1. The van der Waals surface area contributed by atoms with Crippen molar-refractivity contribution >= 4 is 6.03 Å². The maximum atomic E-state index is 12.4. The van der Waals surface area contributed by atoms with Crippen molar-refractivity contribution in [2.24, 2.45) is 11.8 Å². The second-order valence-electron chi connectivity index (χ2n) is 7.44. The van der Waals surface area contributed by atoms with Gasteiger partial charge in [0.1, 0.15) is 0 Å². The summed E-state index contributed by atoms with van der Waals surface area (Å²) in [5.41, 5.74) is 0. The van der Waals surface area contributed by atoms with Crippen molar-refractivity contribution in [2.75, 3.05) is 39.8 Å². The van der Waals surface area contributed by atoms with E-state index in [1.165, 1.54) is 38.9 Å². The summed E-state index contributed by atoms with van der Waals surface area (Å²) in [5, 5.41) is 12.4. The second-order valence-corrected chi connectivity index (χ2v) is 7.44. The topological polar surface area (TPSA) is 55.8 Å². The van der Waals surface area contributed by atoms with E-state index in [9.17, 15) is 9.90 Å². The first-order valence-corrected chi connectivity index (χ1v) is 9.47. The van der Waals surface area contributed by atoms with E-state index in [1.54, 1.807) is 0 Å². The summed E-state index contributed by atoms with van der Waals surface area (Å²) in [5.74, 6) is 1.07. The molecule has 0 unspecified atom stereocenters. The van der Waals surface area contributed by atoms with Gasteiger partial charge in [0.2, 0.25) is 0 Å². The molecule has 2 rings (SSSR count). The van der Waals surface area contributed by atoms with Crippen molar-refractivity contribution in [2.45, 2.75) is 57.9 Å². The Morgan fingerprint density at radius 2 is 1.78 bits per heavy atom. The molecule has 1 heterocycles. The van der Waals surface area contributed by atoms with Crippen LogP contribution in [0.15, 0.2) is 0 Å². The van der Waals surface area contributed by atoms with Crippen molar-refractivity contribution in [1.29, 1.82) is 0 Å². The molecule has 1 saturated heterocycles. The second kappa shape index (κ2) is 9.48. The Morgan fingerprint density at radius 3 is 2.35 bits per heavy atom. The minimum atomic E-state index is 0.0773. The molecule has 0 aromatic carbocycles. The lowest BCUT2D eigenvalue weighted by Gasteiger charge is -2.35. The van der Waals surface area contributed by atoms with Gasteiger partial charge < -0.3 is 20.2 Å². The van der Waals surface area contributed by atoms with Crippen LogP contribution in [0.4, 0.5) is 4.79 Å². The van der Waals surface area contributed by atoms with Gasteiger partial charge in [0.25, 0.3) is 0 Å². The van der Waals surface area contributed by atoms with Crippen LogP contribution in [0.25, 0.3) is 0 Å².